The Balaban J connectivity index is 1.47. The van der Waals surface area contributed by atoms with Crippen LogP contribution in [0, 0.1) is 0 Å². The van der Waals surface area contributed by atoms with E-state index in [4.69, 9.17) is 0 Å². The second-order valence-electron chi connectivity index (χ2n) is 7.00. The van der Waals surface area contributed by atoms with Crippen molar-refractivity contribution in [2.45, 2.75) is 32.1 Å². The van der Waals surface area contributed by atoms with Crippen molar-refractivity contribution in [1.29, 1.82) is 0 Å². The van der Waals surface area contributed by atoms with E-state index in [1.807, 2.05) is 48.5 Å². The van der Waals surface area contributed by atoms with E-state index in [1.54, 1.807) is 6.07 Å². The van der Waals surface area contributed by atoms with Gasteiger partial charge in [0.2, 0.25) is 11.8 Å². The van der Waals surface area contributed by atoms with E-state index in [0.717, 1.165) is 31.5 Å². The highest BCUT2D eigenvalue weighted by Gasteiger charge is 2.14. The number of benzene rings is 2. The Bertz CT molecular complexity index is 755. The van der Waals surface area contributed by atoms with Gasteiger partial charge in [-0.1, -0.05) is 42.8 Å². The van der Waals surface area contributed by atoms with Crippen LogP contribution in [-0.2, 0) is 16.0 Å². The SMILES string of the molecule is O=C(CCc1ccccc1)Nc1cccc(NC(=O)CN2CCCCC2)c1. The lowest BCUT2D eigenvalue weighted by molar-refractivity contribution is -0.117. The minimum Gasteiger partial charge on any atom is -0.326 e. The highest BCUT2D eigenvalue weighted by molar-refractivity contribution is 5.94. The molecule has 0 bridgehead atoms. The van der Waals surface area contributed by atoms with Crippen LogP contribution in [0.5, 0.6) is 0 Å². The number of likely N-dealkylation sites (tertiary alicyclic amines) is 1. The minimum absolute atomic E-state index is 0.00976. The molecule has 1 fully saturated rings. The maximum atomic E-state index is 12.2. The zero-order chi connectivity index (χ0) is 18.9. The minimum atomic E-state index is -0.0318. The van der Waals surface area contributed by atoms with E-state index in [9.17, 15) is 9.59 Å². The zero-order valence-corrected chi connectivity index (χ0v) is 15.6. The number of piperidine rings is 1. The molecule has 1 heterocycles. The quantitative estimate of drug-likeness (QED) is 0.787. The zero-order valence-electron chi connectivity index (χ0n) is 15.6. The number of anilines is 2. The molecule has 0 spiro atoms. The number of nitrogens with zero attached hydrogens (tertiary/aromatic N) is 1. The van der Waals surface area contributed by atoms with Crippen LogP contribution in [0.3, 0.4) is 0 Å². The lowest BCUT2D eigenvalue weighted by Crippen LogP contribution is -2.36. The third-order valence-corrected chi connectivity index (χ3v) is 4.73. The molecule has 5 heteroatoms. The predicted molar refractivity (Wildman–Crippen MR) is 109 cm³/mol. The van der Waals surface area contributed by atoms with Crippen LogP contribution in [-0.4, -0.2) is 36.3 Å². The topological polar surface area (TPSA) is 61.4 Å². The first-order valence-electron chi connectivity index (χ1n) is 9.65. The van der Waals surface area contributed by atoms with Gasteiger partial charge in [0.25, 0.3) is 0 Å². The highest BCUT2D eigenvalue weighted by Crippen LogP contribution is 2.16. The molecule has 142 valence electrons. The fourth-order valence-corrected chi connectivity index (χ4v) is 3.32. The summed E-state index contributed by atoms with van der Waals surface area (Å²) in [5.41, 5.74) is 2.55. The number of amides is 2. The van der Waals surface area contributed by atoms with Gasteiger partial charge >= 0.3 is 0 Å². The molecule has 0 saturated carbocycles. The molecule has 2 aromatic carbocycles. The first-order valence-corrected chi connectivity index (χ1v) is 9.65. The maximum absolute atomic E-state index is 12.2. The predicted octanol–water partition coefficient (Wildman–Crippen LogP) is 3.68. The molecule has 27 heavy (non-hydrogen) atoms. The van der Waals surface area contributed by atoms with Crippen molar-refractivity contribution >= 4 is 23.2 Å². The van der Waals surface area contributed by atoms with Crippen LogP contribution < -0.4 is 10.6 Å². The molecule has 1 aliphatic rings. The van der Waals surface area contributed by atoms with Crippen molar-refractivity contribution in [1.82, 2.24) is 4.90 Å². The first-order chi connectivity index (χ1) is 13.2. The number of hydrogen-bond acceptors (Lipinski definition) is 3. The maximum Gasteiger partial charge on any atom is 0.238 e. The summed E-state index contributed by atoms with van der Waals surface area (Å²) in [6, 6.07) is 17.3. The van der Waals surface area contributed by atoms with Crippen molar-refractivity contribution < 1.29 is 9.59 Å². The van der Waals surface area contributed by atoms with E-state index in [2.05, 4.69) is 15.5 Å². The van der Waals surface area contributed by atoms with Gasteiger partial charge in [-0.2, -0.15) is 0 Å². The first kappa shape index (κ1) is 19.1. The third kappa shape index (κ3) is 6.53. The Morgan fingerprint density at radius 2 is 1.48 bits per heavy atom. The van der Waals surface area contributed by atoms with Crippen molar-refractivity contribution in [2.24, 2.45) is 0 Å². The normalized spacial score (nSPS) is 14.5. The second kappa shape index (κ2) is 9.88. The average molecular weight is 365 g/mol. The van der Waals surface area contributed by atoms with Gasteiger partial charge in [0, 0.05) is 17.8 Å². The Labute approximate surface area is 160 Å². The molecule has 5 nitrogen and oxygen atoms in total. The van der Waals surface area contributed by atoms with Crippen LogP contribution >= 0.6 is 0 Å². The lowest BCUT2D eigenvalue weighted by Gasteiger charge is -2.25. The van der Waals surface area contributed by atoms with Gasteiger partial charge in [0.1, 0.15) is 0 Å². The number of carbonyl (C=O) groups is 2. The third-order valence-electron chi connectivity index (χ3n) is 4.73. The van der Waals surface area contributed by atoms with Crippen LogP contribution in [0.25, 0.3) is 0 Å². The highest BCUT2D eigenvalue weighted by atomic mass is 16.2. The smallest absolute Gasteiger partial charge is 0.238 e. The number of aryl methyl sites for hydroxylation is 1. The summed E-state index contributed by atoms with van der Waals surface area (Å²) in [4.78, 5) is 26.6. The van der Waals surface area contributed by atoms with Gasteiger partial charge in [-0.05, 0) is 56.1 Å². The van der Waals surface area contributed by atoms with E-state index >= 15 is 0 Å². The molecule has 0 aliphatic carbocycles. The van der Waals surface area contributed by atoms with Crippen LogP contribution in [0.1, 0.15) is 31.2 Å². The second-order valence-corrected chi connectivity index (χ2v) is 7.00. The Morgan fingerprint density at radius 3 is 2.19 bits per heavy atom. The molecule has 1 aliphatic heterocycles. The van der Waals surface area contributed by atoms with Gasteiger partial charge < -0.3 is 10.6 Å². The monoisotopic (exact) mass is 365 g/mol. The fourth-order valence-electron chi connectivity index (χ4n) is 3.32. The number of hydrogen-bond donors (Lipinski definition) is 2. The summed E-state index contributed by atoms with van der Waals surface area (Å²) in [6.45, 7) is 2.41. The van der Waals surface area contributed by atoms with Crippen LogP contribution in [0.15, 0.2) is 54.6 Å². The molecule has 2 aromatic rings. The van der Waals surface area contributed by atoms with Crippen molar-refractivity contribution in [2.75, 3.05) is 30.3 Å². The molecular weight excluding hydrogens is 338 g/mol. The molecule has 2 amide bonds. The molecular formula is C22H27N3O2. The molecule has 2 N–H and O–H groups in total. The van der Waals surface area contributed by atoms with E-state index in [0.29, 0.717) is 30.8 Å². The molecule has 3 rings (SSSR count). The number of carbonyl (C=O) groups excluding carboxylic acids is 2. The summed E-state index contributed by atoms with van der Waals surface area (Å²) in [5, 5.41) is 5.84. The molecule has 0 radical (unpaired) electrons. The summed E-state index contributed by atoms with van der Waals surface area (Å²) in [7, 11) is 0. The van der Waals surface area contributed by atoms with Crippen molar-refractivity contribution in [3.05, 3.63) is 60.2 Å². The van der Waals surface area contributed by atoms with Gasteiger partial charge in [0.05, 0.1) is 6.54 Å². The van der Waals surface area contributed by atoms with Gasteiger partial charge in [-0.15, -0.1) is 0 Å². The fraction of sp³-hybridized carbons (Fsp3) is 0.364. The van der Waals surface area contributed by atoms with E-state index in [-0.39, 0.29) is 11.8 Å². The molecule has 0 atom stereocenters. The molecule has 1 saturated heterocycles. The van der Waals surface area contributed by atoms with Gasteiger partial charge in [-0.25, -0.2) is 0 Å². The molecule has 0 unspecified atom stereocenters. The van der Waals surface area contributed by atoms with Gasteiger partial charge in [0.15, 0.2) is 0 Å². The Hall–Kier alpha value is -2.66. The van der Waals surface area contributed by atoms with E-state index < -0.39 is 0 Å². The van der Waals surface area contributed by atoms with Crippen molar-refractivity contribution in [3.63, 3.8) is 0 Å². The summed E-state index contributed by atoms with van der Waals surface area (Å²) in [6.07, 6.45) is 4.72. The number of nitrogens with one attached hydrogen (secondary N) is 2. The van der Waals surface area contributed by atoms with Crippen LogP contribution in [0.2, 0.25) is 0 Å². The summed E-state index contributed by atoms with van der Waals surface area (Å²) in [5.74, 6) is -0.0416. The van der Waals surface area contributed by atoms with E-state index in [1.165, 1.54) is 6.42 Å². The Kier molecular flexibility index (Phi) is 6.99. The molecule has 0 aromatic heterocycles. The Morgan fingerprint density at radius 1 is 0.815 bits per heavy atom. The summed E-state index contributed by atoms with van der Waals surface area (Å²) < 4.78 is 0. The van der Waals surface area contributed by atoms with Crippen LogP contribution in [0.4, 0.5) is 11.4 Å². The number of rotatable bonds is 7. The van der Waals surface area contributed by atoms with Crippen molar-refractivity contribution in [3.8, 4) is 0 Å². The standard InChI is InChI=1S/C22H27N3O2/c26-21(13-12-18-8-3-1-4-9-18)23-19-10-7-11-20(16-19)24-22(27)17-25-14-5-2-6-15-25/h1,3-4,7-11,16H,2,5-6,12-15,17H2,(H,23,26)(H,24,27). The lowest BCUT2D eigenvalue weighted by atomic mass is 10.1. The summed E-state index contributed by atoms with van der Waals surface area (Å²) >= 11 is 0. The largest absolute Gasteiger partial charge is 0.326 e. The average Bonchev–Trinajstić information content (AvgIpc) is 2.68. The van der Waals surface area contributed by atoms with Gasteiger partial charge in [-0.3, -0.25) is 14.5 Å².